The van der Waals surface area contributed by atoms with Gasteiger partial charge in [-0.3, -0.25) is 20.2 Å². The zero-order chi connectivity index (χ0) is 22.1. The molecule has 9 heteroatoms. The monoisotopic (exact) mass is 414 g/mol. The van der Waals surface area contributed by atoms with E-state index in [0.29, 0.717) is 19.3 Å². The maximum atomic E-state index is 11.3. The summed E-state index contributed by atoms with van der Waals surface area (Å²) in [5.41, 5.74) is 0. The van der Waals surface area contributed by atoms with E-state index in [1.807, 2.05) is 19.1 Å². The molecule has 4 unspecified atom stereocenters. The molecular weight excluding hydrogens is 380 g/mol. The number of unbranched alkanes of at least 4 members (excludes halogenated alkanes) is 4. The molecule has 0 saturated carbocycles. The first-order chi connectivity index (χ1) is 13.8. The van der Waals surface area contributed by atoms with Crippen LogP contribution in [0.2, 0.25) is 0 Å². The molecule has 0 aromatic carbocycles. The Morgan fingerprint density at radius 2 is 1.48 bits per heavy atom. The highest BCUT2D eigenvalue weighted by Gasteiger charge is 2.38. The van der Waals surface area contributed by atoms with E-state index in [1.54, 1.807) is 12.2 Å². The third-order valence-electron chi connectivity index (χ3n) is 4.70. The quantitative estimate of drug-likeness (QED) is 0.115. The second kappa shape index (κ2) is 16.8. The summed E-state index contributed by atoms with van der Waals surface area (Å²) in [6, 6.07) is -2.82. The minimum atomic E-state index is -1.53. The molecule has 0 bridgehead atoms. The van der Waals surface area contributed by atoms with Crippen LogP contribution in [0, 0.1) is 20.2 Å². The van der Waals surface area contributed by atoms with E-state index < -0.39 is 40.6 Å². The lowest BCUT2D eigenvalue weighted by atomic mass is 9.95. The van der Waals surface area contributed by atoms with Crippen LogP contribution in [0.5, 0.6) is 0 Å². The van der Waals surface area contributed by atoms with Gasteiger partial charge in [-0.25, -0.2) is 0 Å². The van der Waals surface area contributed by atoms with Crippen LogP contribution in [0.4, 0.5) is 0 Å². The number of aliphatic hydroxyl groups excluding tert-OH is 2. The number of carbonyl (C=O) groups is 1. The Kier molecular flexibility index (Phi) is 15.6. The summed E-state index contributed by atoms with van der Waals surface area (Å²) in [5.74, 6) is 0. The number of allylic oxidation sites excluding steroid dienone is 3. The van der Waals surface area contributed by atoms with Gasteiger partial charge >= 0.3 is 0 Å². The molecule has 0 aromatic rings. The van der Waals surface area contributed by atoms with Crippen molar-refractivity contribution in [3.05, 3.63) is 44.5 Å². The Bertz CT molecular complexity index is 537. The summed E-state index contributed by atoms with van der Waals surface area (Å²) in [6.07, 6.45) is 9.71. The van der Waals surface area contributed by atoms with Gasteiger partial charge < -0.3 is 15.0 Å². The van der Waals surface area contributed by atoms with E-state index >= 15 is 0 Å². The normalized spacial score (nSPS) is 16.0. The summed E-state index contributed by atoms with van der Waals surface area (Å²) in [4.78, 5) is 31.5. The van der Waals surface area contributed by atoms with Gasteiger partial charge in [0.15, 0.2) is 0 Å². The summed E-state index contributed by atoms with van der Waals surface area (Å²) in [5, 5.41) is 42.9. The van der Waals surface area contributed by atoms with Crippen molar-refractivity contribution in [3.8, 4) is 0 Å². The highest BCUT2D eigenvalue weighted by Crippen LogP contribution is 2.18. The van der Waals surface area contributed by atoms with Crippen molar-refractivity contribution in [1.29, 1.82) is 0 Å². The molecule has 0 aliphatic rings. The Labute approximate surface area is 171 Å². The topological polar surface area (TPSA) is 144 Å². The molecule has 0 rings (SSSR count). The number of nitrogens with zero attached hydrogens (tertiary/aromatic N) is 2. The molecule has 0 radical (unpaired) electrons. The van der Waals surface area contributed by atoms with E-state index in [2.05, 4.69) is 0 Å². The molecule has 166 valence electrons. The first-order valence-electron chi connectivity index (χ1n) is 10.2. The summed E-state index contributed by atoms with van der Waals surface area (Å²) < 4.78 is 0. The standard InChI is InChI=1S/C20H34N2O7/c1-2-3-4-5-7-10-13-17(21(26)27)20(25)16-18(22(28)29)19(24)14-11-8-6-9-12-15-23/h3-4,7,10,15,17-20,24-25H,2,5-6,8-9,11-14,16H2,1H3/b4-3-,10-7-. The third kappa shape index (κ3) is 12.8. The smallest absolute Gasteiger partial charge is 0.242 e. The maximum Gasteiger partial charge on any atom is 0.242 e. The van der Waals surface area contributed by atoms with Gasteiger partial charge in [0.2, 0.25) is 12.1 Å². The molecule has 0 amide bonds. The van der Waals surface area contributed by atoms with Crippen molar-refractivity contribution >= 4 is 6.29 Å². The van der Waals surface area contributed by atoms with Crippen LogP contribution in [0.3, 0.4) is 0 Å². The van der Waals surface area contributed by atoms with E-state index in [9.17, 15) is 35.2 Å². The highest BCUT2D eigenvalue weighted by molar-refractivity contribution is 5.48. The lowest BCUT2D eigenvalue weighted by molar-refractivity contribution is -0.553. The number of carbonyl (C=O) groups excluding carboxylic acids is 1. The Hall–Kier alpha value is -2.13. The van der Waals surface area contributed by atoms with Crippen LogP contribution in [0.1, 0.15) is 71.1 Å². The van der Waals surface area contributed by atoms with Crippen molar-refractivity contribution in [3.63, 3.8) is 0 Å². The van der Waals surface area contributed by atoms with Crippen LogP contribution < -0.4 is 0 Å². The fourth-order valence-corrected chi connectivity index (χ4v) is 2.97. The fourth-order valence-electron chi connectivity index (χ4n) is 2.97. The van der Waals surface area contributed by atoms with Gasteiger partial charge in [-0.1, -0.05) is 50.5 Å². The molecular formula is C20H34N2O7. The molecule has 0 saturated heterocycles. The van der Waals surface area contributed by atoms with Gasteiger partial charge in [0.05, 0.1) is 6.42 Å². The maximum absolute atomic E-state index is 11.3. The molecule has 0 aliphatic heterocycles. The number of hydrogen-bond acceptors (Lipinski definition) is 7. The van der Waals surface area contributed by atoms with Crippen molar-refractivity contribution in [2.45, 2.75) is 95.4 Å². The average Bonchev–Trinajstić information content (AvgIpc) is 2.67. The summed E-state index contributed by atoms with van der Waals surface area (Å²) in [6.45, 7) is 1.99. The van der Waals surface area contributed by atoms with Crippen LogP contribution in [0.25, 0.3) is 0 Å². The zero-order valence-electron chi connectivity index (χ0n) is 17.1. The van der Waals surface area contributed by atoms with E-state index in [0.717, 1.165) is 32.0 Å². The SMILES string of the molecule is CC/C=C\C/C=C\CC(C(O)CC(C(O)CCCCCCC=O)[N+](=O)[O-])[N+](=O)[O-]. The number of nitro groups is 2. The average molecular weight is 414 g/mol. The van der Waals surface area contributed by atoms with Crippen LogP contribution in [0.15, 0.2) is 24.3 Å². The van der Waals surface area contributed by atoms with Crippen molar-refractivity contribution in [1.82, 2.24) is 0 Å². The molecule has 4 atom stereocenters. The predicted molar refractivity (Wildman–Crippen MR) is 110 cm³/mol. The van der Waals surface area contributed by atoms with Crippen LogP contribution in [-0.2, 0) is 4.79 Å². The van der Waals surface area contributed by atoms with Gasteiger partial charge in [-0.2, -0.15) is 0 Å². The number of aldehydes is 1. The number of rotatable bonds is 18. The molecule has 0 aliphatic carbocycles. The molecule has 9 nitrogen and oxygen atoms in total. The summed E-state index contributed by atoms with van der Waals surface area (Å²) >= 11 is 0. The second-order valence-corrected chi connectivity index (χ2v) is 7.06. The van der Waals surface area contributed by atoms with E-state index in [-0.39, 0.29) is 12.8 Å². The van der Waals surface area contributed by atoms with Gasteiger partial charge in [0.25, 0.3) is 0 Å². The molecule has 2 N–H and O–H groups in total. The van der Waals surface area contributed by atoms with E-state index in [4.69, 9.17) is 0 Å². The molecule has 0 fully saturated rings. The first-order valence-corrected chi connectivity index (χ1v) is 10.2. The highest BCUT2D eigenvalue weighted by atomic mass is 16.6. The fraction of sp³-hybridized carbons (Fsp3) is 0.750. The minimum absolute atomic E-state index is 0.0363. The van der Waals surface area contributed by atoms with E-state index in [1.165, 1.54) is 0 Å². The van der Waals surface area contributed by atoms with Crippen LogP contribution in [-0.4, -0.2) is 50.6 Å². The number of aliphatic hydroxyl groups is 2. The van der Waals surface area contributed by atoms with Crippen molar-refractivity contribution in [2.24, 2.45) is 0 Å². The Morgan fingerprint density at radius 3 is 2.07 bits per heavy atom. The second-order valence-electron chi connectivity index (χ2n) is 7.06. The minimum Gasteiger partial charge on any atom is -0.386 e. The van der Waals surface area contributed by atoms with Crippen LogP contribution >= 0.6 is 0 Å². The van der Waals surface area contributed by atoms with Gasteiger partial charge in [-0.05, 0) is 25.7 Å². The Balaban J connectivity index is 4.66. The predicted octanol–water partition coefficient (Wildman–Crippen LogP) is 3.23. The molecule has 29 heavy (non-hydrogen) atoms. The molecule has 0 spiro atoms. The third-order valence-corrected chi connectivity index (χ3v) is 4.70. The molecule has 0 heterocycles. The largest absolute Gasteiger partial charge is 0.386 e. The van der Waals surface area contributed by atoms with Gasteiger partial charge in [0.1, 0.15) is 18.5 Å². The number of hydrogen-bond donors (Lipinski definition) is 2. The molecule has 0 aromatic heterocycles. The lowest BCUT2D eigenvalue weighted by Crippen LogP contribution is -2.42. The Morgan fingerprint density at radius 1 is 0.862 bits per heavy atom. The zero-order valence-corrected chi connectivity index (χ0v) is 17.1. The summed E-state index contributed by atoms with van der Waals surface area (Å²) in [7, 11) is 0. The van der Waals surface area contributed by atoms with Crippen molar-refractivity contribution in [2.75, 3.05) is 0 Å². The first kappa shape index (κ1) is 26.9. The van der Waals surface area contributed by atoms with Gasteiger partial charge in [-0.15, -0.1) is 0 Å². The lowest BCUT2D eigenvalue weighted by Gasteiger charge is -2.20. The van der Waals surface area contributed by atoms with Gasteiger partial charge in [0, 0.05) is 22.7 Å². The van der Waals surface area contributed by atoms with Crippen molar-refractivity contribution < 1.29 is 24.9 Å².